The number of nitrogens with one attached hydrogen (secondary N) is 1. The average molecular weight is 335 g/mol. The Morgan fingerprint density at radius 3 is 2.44 bits per heavy atom. The van der Waals surface area contributed by atoms with Crippen LogP contribution >= 0.6 is 0 Å². The summed E-state index contributed by atoms with van der Waals surface area (Å²) in [6.07, 6.45) is 1.73. The van der Waals surface area contributed by atoms with E-state index in [4.69, 9.17) is 4.98 Å². The smallest absolute Gasteiger partial charge is 0.223 e. The predicted octanol–water partition coefficient (Wildman–Crippen LogP) is 4.14. The number of hydrogen-bond acceptors (Lipinski definition) is 2. The number of aromatic nitrogens is 2. The van der Waals surface area contributed by atoms with Crippen LogP contribution in [0.3, 0.4) is 0 Å². The molecule has 1 heterocycles. The molecule has 1 N–H and O–H groups in total. The fourth-order valence-corrected chi connectivity index (χ4v) is 3.17. The maximum absolute atomic E-state index is 12.3. The van der Waals surface area contributed by atoms with E-state index in [1.807, 2.05) is 36.4 Å². The summed E-state index contributed by atoms with van der Waals surface area (Å²) in [6.45, 7) is 5.31. The lowest BCUT2D eigenvalue weighted by atomic mass is 10.0. The lowest BCUT2D eigenvalue weighted by Crippen LogP contribution is -2.30. The van der Waals surface area contributed by atoms with Gasteiger partial charge >= 0.3 is 0 Å². The Labute approximate surface area is 148 Å². The minimum atomic E-state index is 0.0759. The molecule has 0 atom stereocenters. The van der Waals surface area contributed by atoms with Gasteiger partial charge in [-0.2, -0.15) is 0 Å². The molecule has 0 saturated heterocycles. The van der Waals surface area contributed by atoms with Crippen molar-refractivity contribution in [2.45, 2.75) is 39.8 Å². The van der Waals surface area contributed by atoms with E-state index in [1.54, 1.807) is 0 Å². The third-order valence-electron chi connectivity index (χ3n) is 4.69. The number of rotatable bonds is 7. The molecule has 3 rings (SSSR count). The van der Waals surface area contributed by atoms with Gasteiger partial charge in [0.1, 0.15) is 5.82 Å². The molecule has 3 aromatic rings. The first-order chi connectivity index (χ1) is 12.2. The van der Waals surface area contributed by atoms with Crippen molar-refractivity contribution in [1.82, 2.24) is 14.9 Å². The molecule has 0 bridgehead atoms. The van der Waals surface area contributed by atoms with Crippen molar-refractivity contribution in [2.24, 2.45) is 5.92 Å². The molecule has 1 aromatic heterocycles. The number of amides is 1. The van der Waals surface area contributed by atoms with Gasteiger partial charge in [0.15, 0.2) is 0 Å². The Morgan fingerprint density at radius 1 is 1.04 bits per heavy atom. The average Bonchev–Trinajstić information content (AvgIpc) is 2.99. The minimum Gasteiger partial charge on any atom is -0.349 e. The second kappa shape index (κ2) is 7.97. The first-order valence-corrected chi connectivity index (χ1v) is 8.98. The summed E-state index contributed by atoms with van der Waals surface area (Å²) in [5.41, 5.74) is 3.28. The molecule has 130 valence electrons. The first kappa shape index (κ1) is 17.2. The molecular formula is C21H25N3O. The minimum absolute atomic E-state index is 0.0759. The van der Waals surface area contributed by atoms with Gasteiger partial charge in [-0.1, -0.05) is 56.3 Å². The summed E-state index contributed by atoms with van der Waals surface area (Å²) in [5, 5.41) is 3.07. The summed E-state index contributed by atoms with van der Waals surface area (Å²) in [5.74, 6) is 1.08. The number of para-hydroxylation sites is 2. The third-order valence-corrected chi connectivity index (χ3v) is 4.69. The van der Waals surface area contributed by atoms with Gasteiger partial charge in [0, 0.05) is 12.5 Å². The van der Waals surface area contributed by atoms with Gasteiger partial charge in [0.05, 0.1) is 17.6 Å². The van der Waals surface area contributed by atoms with Gasteiger partial charge in [-0.3, -0.25) is 4.79 Å². The number of benzene rings is 2. The van der Waals surface area contributed by atoms with Gasteiger partial charge in [-0.15, -0.1) is 0 Å². The van der Waals surface area contributed by atoms with Crippen LogP contribution in [0.5, 0.6) is 0 Å². The highest BCUT2D eigenvalue weighted by Gasteiger charge is 2.16. The summed E-state index contributed by atoms with van der Waals surface area (Å²) < 4.78 is 2.19. The van der Waals surface area contributed by atoms with E-state index in [0.29, 0.717) is 6.54 Å². The molecule has 4 heteroatoms. The quantitative estimate of drug-likeness (QED) is 0.705. The van der Waals surface area contributed by atoms with Crippen LogP contribution in [-0.4, -0.2) is 15.5 Å². The molecule has 0 radical (unpaired) electrons. The zero-order valence-electron chi connectivity index (χ0n) is 14.9. The highest BCUT2D eigenvalue weighted by Crippen LogP contribution is 2.18. The molecule has 0 unspecified atom stereocenters. The van der Waals surface area contributed by atoms with Gasteiger partial charge < -0.3 is 9.88 Å². The standard InChI is InChI=1S/C21H25N3O/c1-3-17(4-2)21(25)22-14-20-23-18-12-8-9-13-19(18)24(20)15-16-10-6-5-7-11-16/h5-13,17H,3-4,14-15H2,1-2H3,(H,22,25). The van der Waals surface area contributed by atoms with Crippen molar-refractivity contribution < 1.29 is 4.79 Å². The maximum Gasteiger partial charge on any atom is 0.223 e. The molecular weight excluding hydrogens is 310 g/mol. The van der Waals surface area contributed by atoms with Crippen molar-refractivity contribution in [2.75, 3.05) is 0 Å². The summed E-state index contributed by atoms with van der Waals surface area (Å²) >= 11 is 0. The molecule has 0 saturated carbocycles. The second-order valence-electron chi connectivity index (χ2n) is 6.32. The molecule has 4 nitrogen and oxygen atoms in total. The first-order valence-electron chi connectivity index (χ1n) is 8.98. The predicted molar refractivity (Wildman–Crippen MR) is 101 cm³/mol. The van der Waals surface area contributed by atoms with E-state index in [1.165, 1.54) is 5.56 Å². The van der Waals surface area contributed by atoms with Gasteiger partial charge in [-0.25, -0.2) is 4.98 Å². The molecule has 0 spiro atoms. The monoisotopic (exact) mass is 335 g/mol. The number of hydrogen-bond donors (Lipinski definition) is 1. The molecule has 0 fully saturated rings. The van der Waals surface area contributed by atoms with Crippen LogP contribution in [0.15, 0.2) is 54.6 Å². The third kappa shape index (κ3) is 3.90. The maximum atomic E-state index is 12.3. The highest BCUT2D eigenvalue weighted by atomic mass is 16.1. The van der Waals surface area contributed by atoms with E-state index in [-0.39, 0.29) is 11.8 Å². The van der Waals surface area contributed by atoms with Gasteiger partial charge in [0.2, 0.25) is 5.91 Å². The van der Waals surface area contributed by atoms with Crippen molar-refractivity contribution in [3.05, 3.63) is 66.0 Å². The highest BCUT2D eigenvalue weighted by molar-refractivity contribution is 5.79. The normalized spacial score (nSPS) is 11.2. The summed E-state index contributed by atoms with van der Waals surface area (Å²) in [7, 11) is 0. The van der Waals surface area contributed by atoms with Crippen LogP contribution in [0.2, 0.25) is 0 Å². The van der Waals surface area contributed by atoms with Crippen molar-refractivity contribution in [3.8, 4) is 0 Å². The molecule has 0 aliphatic heterocycles. The fraction of sp³-hybridized carbons (Fsp3) is 0.333. The topological polar surface area (TPSA) is 46.9 Å². The molecule has 2 aromatic carbocycles. The Bertz CT molecular complexity index is 835. The largest absolute Gasteiger partial charge is 0.349 e. The lowest BCUT2D eigenvalue weighted by molar-refractivity contribution is -0.125. The number of imidazole rings is 1. The van der Waals surface area contributed by atoms with E-state index >= 15 is 0 Å². The van der Waals surface area contributed by atoms with E-state index in [9.17, 15) is 4.79 Å². The molecule has 25 heavy (non-hydrogen) atoms. The number of carbonyl (C=O) groups is 1. The van der Waals surface area contributed by atoms with Crippen LogP contribution in [-0.2, 0) is 17.9 Å². The van der Waals surface area contributed by atoms with Crippen LogP contribution in [0.25, 0.3) is 11.0 Å². The Balaban J connectivity index is 1.86. The van der Waals surface area contributed by atoms with Crippen LogP contribution in [0, 0.1) is 5.92 Å². The summed E-state index contributed by atoms with van der Waals surface area (Å²) in [6, 6.07) is 18.5. The Kier molecular flexibility index (Phi) is 5.49. The SMILES string of the molecule is CCC(CC)C(=O)NCc1nc2ccccc2n1Cc1ccccc1. The van der Waals surface area contributed by atoms with Crippen molar-refractivity contribution >= 4 is 16.9 Å². The van der Waals surface area contributed by atoms with Gasteiger partial charge in [0.25, 0.3) is 0 Å². The van der Waals surface area contributed by atoms with E-state index in [2.05, 4.69) is 41.9 Å². The molecule has 0 aliphatic rings. The molecule has 1 amide bonds. The zero-order valence-corrected chi connectivity index (χ0v) is 14.9. The summed E-state index contributed by atoms with van der Waals surface area (Å²) in [4.78, 5) is 17.1. The van der Waals surface area contributed by atoms with E-state index in [0.717, 1.165) is 36.2 Å². The fourth-order valence-electron chi connectivity index (χ4n) is 3.17. The second-order valence-corrected chi connectivity index (χ2v) is 6.32. The van der Waals surface area contributed by atoms with Crippen LogP contribution in [0.1, 0.15) is 38.1 Å². The number of carbonyl (C=O) groups excluding carboxylic acids is 1. The number of fused-ring (bicyclic) bond motifs is 1. The molecule has 0 aliphatic carbocycles. The number of nitrogens with zero attached hydrogens (tertiary/aromatic N) is 2. The van der Waals surface area contributed by atoms with E-state index < -0.39 is 0 Å². The van der Waals surface area contributed by atoms with Crippen molar-refractivity contribution in [3.63, 3.8) is 0 Å². The zero-order chi connectivity index (χ0) is 17.6. The Hall–Kier alpha value is -2.62. The van der Waals surface area contributed by atoms with Crippen LogP contribution < -0.4 is 5.32 Å². The van der Waals surface area contributed by atoms with Crippen molar-refractivity contribution in [1.29, 1.82) is 0 Å². The Morgan fingerprint density at radius 2 is 1.72 bits per heavy atom. The lowest BCUT2D eigenvalue weighted by Gasteiger charge is -2.14. The van der Waals surface area contributed by atoms with Gasteiger partial charge in [-0.05, 0) is 30.5 Å². The van der Waals surface area contributed by atoms with Crippen LogP contribution in [0.4, 0.5) is 0 Å².